The van der Waals surface area contributed by atoms with E-state index in [1.54, 1.807) is 6.21 Å². The van der Waals surface area contributed by atoms with Gasteiger partial charge in [-0.2, -0.15) is 0 Å². The van der Waals surface area contributed by atoms with E-state index in [0.717, 1.165) is 6.42 Å². The highest BCUT2D eigenvalue weighted by Gasteiger charge is 1.83. The second-order valence-electron chi connectivity index (χ2n) is 2.84. The molecule has 0 heterocycles. The average molecular weight is 181 g/mol. The topological polar surface area (TPSA) is 21.6 Å². The van der Waals surface area contributed by atoms with Crippen LogP contribution in [0, 0.1) is 11.8 Å². The van der Waals surface area contributed by atoms with Gasteiger partial charge in [0.1, 0.15) is 7.11 Å². The van der Waals surface area contributed by atoms with Crippen molar-refractivity contribution in [3.8, 4) is 11.8 Å². The van der Waals surface area contributed by atoms with Gasteiger partial charge >= 0.3 is 0 Å². The van der Waals surface area contributed by atoms with Crippen molar-refractivity contribution in [1.82, 2.24) is 0 Å². The first kappa shape index (κ1) is 12.0. The zero-order valence-corrected chi connectivity index (χ0v) is 8.68. The zero-order valence-electron chi connectivity index (χ0n) is 8.68. The lowest BCUT2D eigenvalue weighted by molar-refractivity contribution is 0.215. The van der Waals surface area contributed by atoms with Crippen molar-refractivity contribution in [2.24, 2.45) is 5.16 Å². The van der Waals surface area contributed by atoms with Gasteiger partial charge in [-0.05, 0) is 6.42 Å². The van der Waals surface area contributed by atoms with Gasteiger partial charge in [-0.15, -0.1) is 5.92 Å². The third kappa shape index (κ3) is 11.0. The molecule has 0 radical (unpaired) electrons. The normalized spacial score (nSPS) is 9.69. The number of unbranched alkanes of at least 4 members (excludes halogenated alkanes) is 4. The Labute approximate surface area is 81.4 Å². The van der Waals surface area contributed by atoms with Gasteiger partial charge in [0, 0.05) is 12.8 Å². The molecule has 13 heavy (non-hydrogen) atoms. The molecule has 0 fully saturated rings. The van der Waals surface area contributed by atoms with E-state index in [4.69, 9.17) is 0 Å². The van der Waals surface area contributed by atoms with Crippen LogP contribution < -0.4 is 0 Å². The lowest BCUT2D eigenvalue weighted by Gasteiger charge is -1.91. The van der Waals surface area contributed by atoms with Crippen molar-refractivity contribution >= 4 is 6.21 Å². The van der Waals surface area contributed by atoms with Crippen LogP contribution in [0.3, 0.4) is 0 Å². The van der Waals surface area contributed by atoms with Gasteiger partial charge < -0.3 is 4.84 Å². The van der Waals surface area contributed by atoms with Crippen molar-refractivity contribution in [1.29, 1.82) is 0 Å². The first-order valence-electron chi connectivity index (χ1n) is 4.92. The Morgan fingerprint density at radius 2 is 2.08 bits per heavy atom. The highest BCUT2D eigenvalue weighted by atomic mass is 16.6. The summed E-state index contributed by atoms with van der Waals surface area (Å²) < 4.78 is 0. The van der Waals surface area contributed by atoms with Crippen LogP contribution in [0.25, 0.3) is 0 Å². The molecule has 0 saturated carbocycles. The minimum Gasteiger partial charge on any atom is -0.399 e. The summed E-state index contributed by atoms with van der Waals surface area (Å²) in [5.74, 6) is 6.12. The van der Waals surface area contributed by atoms with Crippen molar-refractivity contribution in [3.05, 3.63) is 0 Å². The van der Waals surface area contributed by atoms with Gasteiger partial charge in [-0.25, -0.2) is 0 Å². The number of oxime groups is 1. The summed E-state index contributed by atoms with van der Waals surface area (Å²) in [6, 6.07) is 0. The Morgan fingerprint density at radius 3 is 2.77 bits per heavy atom. The standard InChI is InChI=1S/C11H19NO/c1-3-4-5-6-7-8-9-10-11-12-13-2/h11H,3-7,10H2,1-2H3. The lowest BCUT2D eigenvalue weighted by Crippen LogP contribution is -1.75. The number of rotatable bonds is 6. The van der Waals surface area contributed by atoms with Crippen molar-refractivity contribution < 1.29 is 4.84 Å². The van der Waals surface area contributed by atoms with Gasteiger partial charge in [0.15, 0.2) is 0 Å². The van der Waals surface area contributed by atoms with E-state index >= 15 is 0 Å². The zero-order chi connectivity index (χ0) is 9.78. The predicted octanol–water partition coefficient (Wildman–Crippen LogP) is 2.98. The molecule has 0 aromatic carbocycles. The van der Waals surface area contributed by atoms with E-state index < -0.39 is 0 Å². The molecule has 0 unspecified atom stereocenters. The van der Waals surface area contributed by atoms with Crippen LogP contribution in [0.1, 0.15) is 45.4 Å². The van der Waals surface area contributed by atoms with E-state index in [1.807, 2.05) is 0 Å². The largest absolute Gasteiger partial charge is 0.399 e. The fourth-order valence-corrected chi connectivity index (χ4v) is 0.958. The number of hydrogen-bond donors (Lipinski definition) is 0. The van der Waals surface area contributed by atoms with Gasteiger partial charge in [0.25, 0.3) is 0 Å². The van der Waals surface area contributed by atoms with Crippen LogP contribution in [-0.4, -0.2) is 13.3 Å². The molecule has 0 aromatic heterocycles. The summed E-state index contributed by atoms with van der Waals surface area (Å²) in [6.07, 6.45) is 8.53. The Bertz CT molecular complexity index is 176. The van der Waals surface area contributed by atoms with Crippen molar-refractivity contribution in [3.63, 3.8) is 0 Å². The highest BCUT2D eigenvalue weighted by molar-refractivity contribution is 5.60. The average Bonchev–Trinajstić information content (AvgIpc) is 2.16. The first-order valence-corrected chi connectivity index (χ1v) is 4.92. The van der Waals surface area contributed by atoms with Crippen LogP contribution in [-0.2, 0) is 4.84 Å². The molecule has 74 valence electrons. The number of hydrogen-bond acceptors (Lipinski definition) is 2. The molecule has 2 heteroatoms. The Balaban J connectivity index is 3.15. The minimum absolute atomic E-state index is 0.696. The quantitative estimate of drug-likeness (QED) is 0.267. The summed E-state index contributed by atoms with van der Waals surface area (Å²) in [7, 11) is 1.54. The molecular weight excluding hydrogens is 162 g/mol. The van der Waals surface area contributed by atoms with E-state index in [9.17, 15) is 0 Å². The van der Waals surface area contributed by atoms with E-state index in [-0.39, 0.29) is 0 Å². The fourth-order valence-electron chi connectivity index (χ4n) is 0.958. The summed E-state index contributed by atoms with van der Waals surface area (Å²) in [5, 5.41) is 3.59. The van der Waals surface area contributed by atoms with E-state index in [2.05, 4.69) is 28.8 Å². The van der Waals surface area contributed by atoms with Crippen molar-refractivity contribution in [2.45, 2.75) is 45.4 Å². The van der Waals surface area contributed by atoms with Crippen LogP contribution in [0.4, 0.5) is 0 Å². The molecule has 0 spiro atoms. The second-order valence-corrected chi connectivity index (χ2v) is 2.84. The van der Waals surface area contributed by atoms with Crippen LogP contribution in [0.2, 0.25) is 0 Å². The molecule has 0 N–H and O–H groups in total. The Hall–Kier alpha value is -0.970. The molecule has 0 atom stereocenters. The summed E-state index contributed by atoms with van der Waals surface area (Å²) in [5.41, 5.74) is 0. The van der Waals surface area contributed by atoms with E-state index in [1.165, 1.54) is 32.8 Å². The van der Waals surface area contributed by atoms with Gasteiger partial charge in [0.05, 0.1) is 6.21 Å². The molecule has 0 saturated heterocycles. The first-order chi connectivity index (χ1) is 6.41. The molecule has 0 rings (SSSR count). The van der Waals surface area contributed by atoms with E-state index in [0.29, 0.717) is 6.42 Å². The maximum atomic E-state index is 4.50. The molecular formula is C11H19NO. The van der Waals surface area contributed by atoms with Crippen LogP contribution in [0.5, 0.6) is 0 Å². The second kappa shape index (κ2) is 11.0. The summed E-state index contributed by atoms with van der Waals surface area (Å²) in [4.78, 5) is 4.50. The third-order valence-electron chi connectivity index (χ3n) is 1.65. The summed E-state index contributed by atoms with van der Waals surface area (Å²) in [6.45, 7) is 2.22. The van der Waals surface area contributed by atoms with Crippen molar-refractivity contribution in [2.75, 3.05) is 7.11 Å². The number of nitrogens with zero attached hydrogens (tertiary/aromatic N) is 1. The monoisotopic (exact) mass is 181 g/mol. The molecule has 0 aliphatic carbocycles. The maximum Gasteiger partial charge on any atom is 0.106 e. The summed E-state index contributed by atoms with van der Waals surface area (Å²) >= 11 is 0. The predicted molar refractivity (Wildman–Crippen MR) is 56.7 cm³/mol. The van der Waals surface area contributed by atoms with Crippen LogP contribution in [0.15, 0.2) is 5.16 Å². The van der Waals surface area contributed by atoms with Gasteiger partial charge in [-0.3, -0.25) is 0 Å². The molecule has 2 nitrogen and oxygen atoms in total. The smallest absolute Gasteiger partial charge is 0.106 e. The molecule has 0 amide bonds. The molecule has 0 aliphatic rings. The highest BCUT2D eigenvalue weighted by Crippen LogP contribution is 2.00. The molecule has 0 aliphatic heterocycles. The third-order valence-corrected chi connectivity index (χ3v) is 1.65. The Kier molecular flexibility index (Phi) is 10.2. The SMILES string of the molecule is CCCCCCC#CCC=NOC. The van der Waals surface area contributed by atoms with Crippen LogP contribution >= 0.6 is 0 Å². The fraction of sp³-hybridized carbons (Fsp3) is 0.727. The maximum absolute atomic E-state index is 4.50. The molecule has 0 aromatic rings. The van der Waals surface area contributed by atoms with Gasteiger partial charge in [-0.1, -0.05) is 37.3 Å². The Morgan fingerprint density at radius 1 is 1.23 bits per heavy atom. The van der Waals surface area contributed by atoms with Gasteiger partial charge in [0.2, 0.25) is 0 Å². The minimum atomic E-state index is 0.696. The molecule has 0 bridgehead atoms. The lowest BCUT2D eigenvalue weighted by atomic mass is 10.1.